The topological polar surface area (TPSA) is 128 Å². The van der Waals surface area contributed by atoms with E-state index in [0.29, 0.717) is 17.9 Å². The summed E-state index contributed by atoms with van der Waals surface area (Å²) >= 11 is 0.640. The first-order valence-electron chi connectivity index (χ1n) is 5.89. The number of amides is 3. The van der Waals surface area contributed by atoms with Gasteiger partial charge in [0.2, 0.25) is 0 Å². The third-order valence-electron chi connectivity index (χ3n) is 2.20. The number of esters is 1. The number of nitrogens with zero attached hydrogens (tertiary/aromatic N) is 1. The average Bonchev–Trinajstić information content (AvgIpc) is 2.88. The summed E-state index contributed by atoms with van der Waals surface area (Å²) in [6, 6.07) is 1.71. The zero-order valence-electron chi connectivity index (χ0n) is 11.2. The number of ether oxygens (including phenoxy) is 1. The molecule has 1 rings (SSSR count). The third kappa shape index (κ3) is 4.84. The minimum atomic E-state index is -1.21. The summed E-state index contributed by atoms with van der Waals surface area (Å²) in [6.07, 6.45) is -1.21. The molecule has 2 N–H and O–H groups in total. The van der Waals surface area contributed by atoms with Gasteiger partial charge in [0.1, 0.15) is 4.88 Å². The fraction of sp³-hybridized carbons (Fsp3) is 0.364. The second-order valence-corrected chi connectivity index (χ2v) is 4.85. The largest absolute Gasteiger partial charge is 0.448 e. The molecule has 9 nitrogen and oxygen atoms in total. The van der Waals surface area contributed by atoms with E-state index in [1.807, 2.05) is 5.32 Å². The van der Waals surface area contributed by atoms with Crippen LogP contribution in [0.4, 0.5) is 9.80 Å². The number of nitro groups is 1. The number of hydrogen-bond donors (Lipinski definition) is 2. The minimum absolute atomic E-state index is 0.000593. The molecule has 1 aromatic heterocycles. The van der Waals surface area contributed by atoms with E-state index in [4.69, 9.17) is 4.74 Å². The summed E-state index contributed by atoms with van der Waals surface area (Å²) in [5.74, 6) is -1.66. The first-order valence-corrected chi connectivity index (χ1v) is 6.70. The number of carbonyl (C=O) groups excluding carboxylic acids is 3. The van der Waals surface area contributed by atoms with Gasteiger partial charge in [0.15, 0.2) is 6.10 Å². The standard InChI is InChI=1S/C11H13N3O6S/c1-3-12-11(17)13-9(15)6(2)20-10(16)7-4-5-8(21-7)14(18)19/h4-6H,3H2,1-2H3,(H2,12,13,15,17)/t6-/m0/s1. The molecule has 0 aliphatic heterocycles. The molecule has 0 spiro atoms. The number of rotatable bonds is 5. The van der Waals surface area contributed by atoms with Crippen molar-refractivity contribution in [2.75, 3.05) is 6.54 Å². The van der Waals surface area contributed by atoms with Gasteiger partial charge in [-0.25, -0.2) is 9.59 Å². The molecule has 0 bridgehead atoms. The van der Waals surface area contributed by atoms with E-state index in [9.17, 15) is 24.5 Å². The fourth-order valence-electron chi connectivity index (χ4n) is 1.23. The molecule has 0 saturated carbocycles. The molecule has 0 aliphatic carbocycles. The Morgan fingerprint density at radius 1 is 1.43 bits per heavy atom. The van der Waals surface area contributed by atoms with E-state index in [1.165, 1.54) is 19.1 Å². The lowest BCUT2D eigenvalue weighted by atomic mass is 10.3. The van der Waals surface area contributed by atoms with Crippen molar-refractivity contribution in [3.8, 4) is 0 Å². The van der Waals surface area contributed by atoms with E-state index < -0.39 is 28.9 Å². The van der Waals surface area contributed by atoms with Gasteiger partial charge in [-0.05, 0) is 19.9 Å². The van der Waals surface area contributed by atoms with Crippen LogP contribution in [-0.4, -0.2) is 35.5 Å². The van der Waals surface area contributed by atoms with Crippen LogP contribution in [0.15, 0.2) is 12.1 Å². The number of carbonyl (C=O) groups is 3. The highest BCUT2D eigenvalue weighted by molar-refractivity contribution is 7.17. The van der Waals surface area contributed by atoms with Gasteiger partial charge >= 0.3 is 17.0 Å². The average molecular weight is 315 g/mol. The van der Waals surface area contributed by atoms with Crippen molar-refractivity contribution in [1.29, 1.82) is 0 Å². The maximum absolute atomic E-state index is 11.7. The molecule has 0 aromatic carbocycles. The van der Waals surface area contributed by atoms with Crippen LogP contribution < -0.4 is 10.6 Å². The predicted molar refractivity (Wildman–Crippen MR) is 73.1 cm³/mol. The van der Waals surface area contributed by atoms with Gasteiger partial charge in [0, 0.05) is 12.6 Å². The van der Waals surface area contributed by atoms with Crippen molar-refractivity contribution in [3.05, 3.63) is 27.1 Å². The summed E-state index contributed by atoms with van der Waals surface area (Å²) < 4.78 is 4.83. The Hall–Kier alpha value is -2.49. The van der Waals surface area contributed by atoms with Crippen LogP contribution in [-0.2, 0) is 9.53 Å². The first-order chi connectivity index (χ1) is 9.85. The molecular weight excluding hydrogens is 302 g/mol. The van der Waals surface area contributed by atoms with Crippen LogP contribution in [0.3, 0.4) is 0 Å². The molecule has 0 aliphatic rings. The highest BCUT2D eigenvalue weighted by Gasteiger charge is 2.23. The highest BCUT2D eigenvalue weighted by atomic mass is 32.1. The van der Waals surface area contributed by atoms with Gasteiger partial charge < -0.3 is 10.1 Å². The maximum atomic E-state index is 11.7. The van der Waals surface area contributed by atoms with Gasteiger partial charge in [-0.2, -0.15) is 0 Å². The predicted octanol–water partition coefficient (Wildman–Crippen LogP) is 1.05. The summed E-state index contributed by atoms with van der Waals surface area (Å²) in [4.78, 5) is 44.3. The summed E-state index contributed by atoms with van der Waals surface area (Å²) in [5.41, 5.74) is 0. The van der Waals surface area contributed by atoms with E-state index in [2.05, 4.69) is 5.32 Å². The monoisotopic (exact) mass is 315 g/mol. The number of imide groups is 1. The smallest absolute Gasteiger partial charge is 0.349 e. The number of hydrogen-bond acceptors (Lipinski definition) is 7. The molecule has 0 radical (unpaired) electrons. The van der Waals surface area contributed by atoms with Crippen molar-refractivity contribution in [1.82, 2.24) is 10.6 Å². The molecule has 1 atom stereocenters. The molecule has 21 heavy (non-hydrogen) atoms. The Balaban J connectivity index is 2.58. The molecular formula is C11H13N3O6S. The van der Waals surface area contributed by atoms with Crippen LogP contribution in [0, 0.1) is 10.1 Å². The molecule has 1 aromatic rings. The number of urea groups is 1. The Kier molecular flexibility index (Phi) is 5.79. The van der Waals surface area contributed by atoms with E-state index >= 15 is 0 Å². The molecule has 0 fully saturated rings. The maximum Gasteiger partial charge on any atom is 0.349 e. The van der Waals surface area contributed by atoms with E-state index in [1.54, 1.807) is 6.92 Å². The van der Waals surface area contributed by atoms with Crippen molar-refractivity contribution in [2.24, 2.45) is 0 Å². The Morgan fingerprint density at radius 3 is 2.62 bits per heavy atom. The summed E-state index contributed by atoms with van der Waals surface area (Å²) in [6.45, 7) is 3.30. The molecule has 114 valence electrons. The first kappa shape index (κ1) is 16.6. The Bertz CT molecular complexity index is 570. The van der Waals surface area contributed by atoms with Gasteiger partial charge in [-0.1, -0.05) is 11.3 Å². The second kappa shape index (κ2) is 7.33. The molecule has 3 amide bonds. The lowest BCUT2D eigenvalue weighted by Gasteiger charge is -2.12. The number of thiophene rings is 1. The second-order valence-electron chi connectivity index (χ2n) is 3.79. The highest BCUT2D eigenvalue weighted by Crippen LogP contribution is 2.24. The number of nitrogens with one attached hydrogen (secondary N) is 2. The Labute approximate surface area is 123 Å². The fourth-order valence-corrected chi connectivity index (χ4v) is 1.93. The van der Waals surface area contributed by atoms with Gasteiger partial charge in [-0.15, -0.1) is 0 Å². The van der Waals surface area contributed by atoms with Crippen molar-refractivity contribution < 1.29 is 24.0 Å². The van der Waals surface area contributed by atoms with E-state index in [-0.39, 0.29) is 9.88 Å². The van der Waals surface area contributed by atoms with Crippen molar-refractivity contribution in [3.63, 3.8) is 0 Å². The van der Waals surface area contributed by atoms with E-state index in [0.717, 1.165) is 0 Å². The van der Waals surface area contributed by atoms with Crippen molar-refractivity contribution in [2.45, 2.75) is 20.0 Å². The van der Waals surface area contributed by atoms with Crippen LogP contribution in [0.25, 0.3) is 0 Å². The van der Waals surface area contributed by atoms with Crippen LogP contribution in [0.1, 0.15) is 23.5 Å². The van der Waals surface area contributed by atoms with Crippen molar-refractivity contribution >= 4 is 34.2 Å². The van der Waals surface area contributed by atoms with Crippen LogP contribution in [0.5, 0.6) is 0 Å². The lowest BCUT2D eigenvalue weighted by molar-refractivity contribution is -0.380. The lowest BCUT2D eigenvalue weighted by Crippen LogP contribution is -2.44. The minimum Gasteiger partial charge on any atom is -0.448 e. The molecule has 1 heterocycles. The van der Waals surface area contributed by atoms with Gasteiger partial charge in [-0.3, -0.25) is 20.2 Å². The van der Waals surface area contributed by atoms with Gasteiger partial charge in [0.05, 0.1) is 4.92 Å². The van der Waals surface area contributed by atoms with Crippen LogP contribution >= 0.6 is 11.3 Å². The summed E-state index contributed by atoms with van der Waals surface area (Å²) in [7, 11) is 0. The Morgan fingerprint density at radius 2 is 2.10 bits per heavy atom. The zero-order valence-corrected chi connectivity index (χ0v) is 12.1. The SMILES string of the molecule is CCNC(=O)NC(=O)[C@H](C)OC(=O)c1ccc([N+](=O)[O-])s1. The third-order valence-corrected chi connectivity index (χ3v) is 3.22. The molecule has 0 unspecified atom stereocenters. The van der Waals surface area contributed by atoms with Crippen LogP contribution in [0.2, 0.25) is 0 Å². The zero-order chi connectivity index (χ0) is 16.0. The normalized spacial score (nSPS) is 11.3. The molecule has 0 saturated heterocycles. The molecule has 10 heteroatoms. The quantitative estimate of drug-likeness (QED) is 0.475. The summed E-state index contributed by atoms with van der Waals surface area (Å²) in [5, 5.41) is 14.6. The van der Waals surface area contributed by atoms with Gasteiger partial charge in [0.25, 0.3) is 5.91 Å².